The van der Waals surface area contributed by atoms with Gasteiger partial charge in [-0.15, -0.1) is 0 Å². The van der Waals surface area contributed by atoms with E-state index in [4.69, 9.17) is 5.11 Å². The first-order valence-electron chi connectivity index (χ1n) is 5.76. The number of carboxylic acid groups (broad SMARTS) is 2. The Balaban J connectivity index is 0.00000108. The highest BCUT2D eigenvalue weighted by atomic mass is 80.0. The Labute approximate surface area is 183 Å². The van der Waals surface area contributed by atoms with Gasteiger partial charge in [-0.1, -0.05) is 54.7 Å². The maximum Gasteiger partial charge on any atom is 0.337 e. The van der Waals surface area contributed by atoms with E-state index in [0.717, 1.165) is 6.42 Å². The molecule has 0 atom stereocenters. The number of aromatic carboxylic acids is 2. The van der Waals surface area contributed by atoms with Crippen molar-refractivity contribution in [3.63, 3.8) is 0 Å². The van der Waals surface area contributed by atoms with E-state index in [0.29, 0.717) is 11.1 Å². The predicted octanol–water partition coefficient (Wildman–Crippen LogP) is 6.05. The number of hydrogen-bond donors (Lipinski definition) is 3. The number of alkyl halides is 3. The van der Waals surface area contributed by atoms with Crippen LogP contribution in [0, 0.1) is 0 Å². The van der Waals surface area contributed by atoms with Gasteiger partial charge in [0.05, 0.1) is 11.1 Å². The maximum atomic E-state index is 11.4. The molecule has 0 unspecified atom stereocenters. The second-order valence-electron chi connectivity index (χ2n) is 3.90. The van der Waals surface area contributed by atoms with Crippen LogP contribution in [0.3, 0.4) is 0 Å². The van der Waals surface area contributed by atoms with Crippen molar-refractivity contribution in [2.45, 2.75) is 15.5 Å². The van der Waals surface area contributed by atoms with Crippen LogP contribution in [0.2, 0.25) is 0 Å². The molecule has 1 rings (SSSR count). The van der Waals surface area contributed by atoms with Crippen molar-refractivity contribution in [1.82, 2.24) is 0 Å². The van der Waals surface area contributed by atoms with E-state index in [1.165, 1.54) is 0 Å². The van der Waals surface area contributed by atoms with Gasteiger partial charge in [-0.25, -0.2) is 9.59 Å². The molecule has 0 saturated heterocycles. The zero-order valence-electron chi connectivity index (χ0n) is 11.3. The summed E-state index contributed by atoms with van der Waals surface area (Å²) >= 11 is 18.9. The minimum atomic E-state index is -1.26. The highest BCUT2D eigenvalue weighted by Gasteiger charge is 2.37. The Hall–Kier alpha value is 1.000. The fourth-order valence-corrected chi connectivity index (χ4v) is 4.33. The number of carboxylic acids is 2. The van der Waals surface area contributed by atoms with Crippen molar-refractivity contribution in [1.29, 1.82) is 0 Å². The molecule has 23 heavy (non-hydrogen) atoms. The fourth-order valence-electron chi connectivity index (χ4n) is 1.35. The van der Waals surface area contributed by atoms with Gasteiger partial charge in [0.2, 0.25) is 0 Å². The van der Waals surface area contributed by atoms with Crippen LogP contribution in [-0.2, 0) is 2.14 Å². The highest BCUT2D eigenvalue weighted by molar-refractivity contribution is 9.38. The van der Waals surface area contributed by atoms with Crippen LogP contribution in [-0.4, -0.2) is 33.9 Å². The lowest BCUT2D eigenvalue weighted by atomic mass is 10.0. The van der Waals surface area contributed by atoms with Crippen molar-refractivity contribution in [3.8, 4) is 0 Å². The van der Waals surface area contributed by atoms with Crippen LogP contribution in [0.4, 0.5) is 0 Å². The largest absolute Gasteiger partial charge is 0.478 e. The van der Waals surface area contributed by atoms with E-state index < -0.39 is 14.1 Å². The Kier molecular flexibility index (Phi) is 10.7. The zero-order chi connectivity index (χ0) is 18.5. The molecule has 11 heteroatoms. The standard InChI is InChI=1S/C9H2Br6O4.C3H8O/c10-4-1(7(16)17)3(9(13,14)15)2(8(18)19)5(11)6(4)12;1-2-3-4/h(H,16,17)(H,18,19);4H,2-3H2,1H3. The van der Waals surface area contributed by atoms with Crippen molar-refractivity contribution in [3.05, 3.63) is 30.1 Å². The number of benzene rings is 1. The summed E-state index contributed by atoms with van der Waals surface area (Å²) in [6, 6.07) is 0. The Morgan fingerprint density at radius 3 is 1.39 bits per heavy atom. The molecule has 5 nitrogen and oxygen atoms in total. The number of aliphatic hydroxyl groups excluding tert-OH is 1. The third-order valence-electron chi connectivity index (χ3n) is 2.26. The fraction of sp³-hybridized carbons (Fsp3) is 0.333. The quantitative estimate of drug-likeness (QED) is 0.262. The second kappa shape index (κ2) is 10.2. The third-order valence-corrected chi connectivity index (χ3v) is 6.89. The van der Waals surface area contributed by atoms with E-state index in [-0.39, 0.29) is 25.6 Å². The Bertz CT molecular complexity index is 568. The molecule has 0 aliphatic carbocycles. The monoisotopic (exact) mass is 708 g/mol. The topological polar surface area (TPSA) is 94.8 Å². The molecule has 0 fully saturated rings. The number of halogens is 6. The van der Waals surface area contributed by atoms with Crippen LogP contribution >= 0.6 is 95.6 Å². The predicted molar refractivity (Wildman–Crippen MR) is 109 cm³/mol. The number of hydrogen-bond acceptors (Lipinski definition) is 3. The first-order valence-corrected chi connectivity index (χ1v) is 10.5. The van der Waals surface area contributed by atoms with Gasteiger partial charge in [-0.2, -0.15) is 0 Å². The summed E-state index contributed by atoms with van der Waals surface area (Å²) in [5.41, 5.74) is -0.342. The smallest absolute Gasteiger partial charge is 0.337 e. The summed E-state index contributed by atoms with van der Waals surface area (Å²) in [5, 5.41) is 26.5. The summed E-state index contributed by atoms with van der Waals surface area (Å²) in [6.07, 6.45) is 0.875. The van der Waals surface area contributed by atoms with Crippen LogP contribution in [0.25, 0.3) is 0 Å². The molecule has 0 bridgehead atoms. The molecule has 0 saturated carbocycles. The molecule has 1 aromatic carbocycles. The summed E-state index contributed by atoms with van der Waals surface area (Å²) in [7, 11) is 0. The molecular formula is C12H10Br6O5. The number of carbonyl (C=O) groups is 2. The Morgan fingerprint density at radius 2 is 1.22 bits per heavy atom. The summed E-state index contributed by atoms with van der Waals surface area (Å²) < 4.78 is -0.424. The van der Waals surface area contributed by atoms with Gasteiger partial charge >= 0.3 is 11.9 Å². The van der Waals surface area contributed by atoms with Gasteiger partial charge in [-0.3, -0.25) is 0 Å². The molecular weight excluding hydrogens is 704 g/mol. The summed E-state index contributed by atoms with van der Waals surface area (Å²) in [4.78, 5) is 22.8. The lowest BCUT2D eigenvalue weighted by Crippen LogP contribution is -2.17. The second-order valence-corrected chi connectivity index (χ2v) is 13.0. The zero-order valence-corrected chi connectivity index (χ0v) is 20.9. The first-order chi connectivity index (χ1) is 10.4. The normalized spacial score (nSPS) is 10.8. The minimum absolute atomic E-state index is 0.0226. The van der Waals surface area contributed by atoms with Crippen molar-refractivity contribution >= 4 is 108 Å². The summed E-state index contributed by atoms with van der Waals surface area (Å²) in [6.45, 7) is 2.25. The minimum Gasteiger partial charge on any atom is -0.478 e. The number of aliphatic hydroxyl groups is 1. The van der Waals surface area contributed by atoms with Gasteiger partial charge in [0.25, 0.3) is 0 Å². The van der Waals surface area contributed by atoms with Crippen molar-refractivity contribution in [2.24, 2.45) is 0 Å². The van der Waals surface area contributed by atoms with Gasteiger partial charge in [0, 0.05) is 25.6 Å². The van der Waals surface area contributed by atoms with E-state index in [1.807, 2.05) is 6.92 Å². The molecule has 0 aliphatic heterocycles. The Morgan fingerprint density at radius 1 is 0.913 bits per heavy atom. The molecule has 0 radical (unpaired) electrons. The lowest BCUT2D eigenvalue weighted by Gasteiger charge is -2.21. The lowest BCUT2D eigenvalue weighted by molar-refractivity contribution is 0.0694. The van der Waals surface area contributed by atoms with Crippen LogP contribution < -0.4 is 0 Å². The first kappa shape index (κ1) is 24.0. The molecule has 3 N–H and O–H groups in total. The van der Waals surface area contributed by atoms with Crippen LogP contribution in [0.5, 0.6) is 0 Å². The molecule has 0 amide bonds. The molecule has 1 aromatic rings. The van der Waals surface area contributed by atoms with E-state index in [2.05, 4.69) is 95.6 Å². The van der Waals surface area contributed by atoms with Crippen LogP contribution in [0.1, 0.15) is 39.6 Å². The molecule has 0 aromatic heterocycles. The maximum absolute atomic E-state index is 11.4. The molecule has 0 spiro atoms. The van der Waals surface area contributed by atoms with Gasteiger partial charge in [-0.05, 0) is 54.2 Å². The average molecular weight is 714 g/mol. The molecule has 0 heterocycles. The van der Waals surface area contributed by atoms with E-state index >= 15 is 0 Å². The van der Waals surface area contributed by atoms with Gasteiger partial charge in [0.1, 0.15) is 0 Å². The van der Waals surface area contributed by atoms with E-state index in [1.54, 1.807) is 0 Å². The summed E-state index contributed by atoms with van der Waals surface area (Å²) in [5.74, 6) is -2.53. The highest BCUT2D eigenvalue weighted by Crippen LogP contribution is 2.52. The number of rotatable bonds is 3. The van der Waals surface area contributed by atoms with Crippen molar-refractivity contribution < 1.29 is 24.9 Å². The molecule has 130 valence electrons. The SMILES string of the molecule is CCCO.O=C(O)c1c(Br)c(Br)c(Br)c(C(=O)O)c1C(Br)(Br)Br. The van der Waals surface area contributed by atoms with E-state index in [9.17, 15) is 19.8 Å². The average Bonchev–Trinajstić information content (AvgIpc) is 2.42. The van der Waals surface area contributed by atoms with Crippen molar-refractivity contribution in [2.75, 3.05) is 6.61 Å². The van der Waals surface area contributed by atoms with Crippen LogP contribution in [0.15, 0.2) is 13.4 Å². The third kappa shape index (κ3) is 6.34. The molecule has 0 aliphatic rings. The van der Waals surface area contributed by atoms with Gasteiger partial charge in [0.15, 0.2) is 2.14 Å². The van der Waals surface area contributed by atoms with Gasteiger partial charge < -0.3 is 15.3 Å².